The first-order chi connectivity index (χ1) is 10.1. The van der Waals surface area contributed by atoms with E-state index in [4.69, 9.17) is 17.3 Å². The zero-order valence-corrected chi connectivity index (χ0v) is 12.6. The quantitative estimate of drug-likeness (QED) is 0.801. The Hall–Kier alpha value is -1.38. The van der Waals surface area contributed by atoms with Gasteiger partial charge in [0, 0.05) is 6.04 Å². The molecule has 1 aliphatic rings. The summed E-state index contributed by atoms with van der Waals surface area (Å²) in [6.07, 6.45) is 4.07. The van der Waals surface area contributed by atoms with E-state index in [0.29, 0.717) is 5.92 Å². The smallest absolute Gasteiger partial charge is 0.142 e. The minimum Gasteiger partial charge on any atom is -0.324 e. The first kappa shape index (κ1) is 14.6. The van der Waals surface area contributed by atoms with Crippen LogP contribution in [0.1, 0.15) is 35.6 Å². The van der Waals surface area contributed by atoms with Crippen LogP contribution in [0.3, 0.4) is 0 Å². The second-order valence-electron chi connectivity index (χ2n) is 5.83. The van der Waals surface area contributed by atoms with E-state index in [1.165, 1.54) is 17.2 Å². The number of nitrogens with two attached hydrogens (primary N) is 1. The summed E-state index contributed by atoms with van der Waals surface area (Å²) in [6.45, 7) is 0. The maximum Gasteiger partial charge on any atom is 0.142 e. The van der Waals surface area contributed by atoms with Crippen LogP contribution in [0.15, 0.2) is 42.5 Å². The van der Waals surface area contributed by atoms with Gasteiger partial charge in [-0.25, -0.2) is 4.39 Å². The molecule has 0 radical (unpaired) electrons. The summed E-state index contributed by atoms with van der Waals surface area (Å²) < 4.78 is 13.6. The lowest BCUT2D eigenvalue weighted by atomic mass is 9.86. The highest BCUT2D eigenvalue weighted by molar-refractivity contribution is 6.30. The Labute approximate surface area is 129 Å². The van der Waals surface area contributed by atoms with Gasteiger partial charge in [-0.2, -0.15) is 0 Å². The molecular weight excluding hydrogens is 285 g/mol. The molecule has 0 amide bonds. The zero-order valence-electron chi connectivity index (χ0n) is 11.9. The molecule has 3 heteroatoms. The van der Waals surface area contributed by atoms with E-state index >= 15 is 0 Å². The van der Waals surface area contributed by atoms with Gasteiger partial charge in [0.05, 0.1) is 5.02 Å². The van der Waals surface area contributed by atoms with E-state index in [1.807, 2.05) is 12.1 Å². The minimum atomic E-state index is -0.350. The lowest BCUT2D eigenvalue weighted by molar-refractivity contribution is 0.401. The second kappa shape index (κ2) is 6.17. The minimum absolute atomic E-state index is 0.0161. The van der Waals surface area contributed by atoms with Crippen molar-refractivity contribution in [1.82, 2.24) is 0 Å². The van der Waals surface area contributed by atoms with Gasteiger partial charge in [0.2, 0.25) is 0 Å². The van der Waals surface area contributed by atoms with Crippen molar-refractivity contribution in [3.8, 4) is 0 Å². The van der Waals surface area contributed by atoms with Crippen molar-refractivity contribution in [2.24, 2.45) is 11.7 Å². The van der Waals surface area contributed by atoms with Crippen LogP contribution in [0.25, 0.3) is 0 Å². The van der Waals surface area contributed by atoms with Gasteiger partial charge in [0.25, 0.3) is 0 Å². The maximum absolute atomic E-state index is 13.6. The molecule has 2 aromatic rings. The van der Waals surface area contributed by atoms with Crippen molar-refractivity contribution in [2.75, 3.05) is 0 Å². The predicted molar refractivity (Wildman–Crippen MR) is 84.9 cm³/mol. The summed E-state index contributed by atoms with van der Waals surface area (Å²) >= 11 is 5.75. The highest BCUT2D eigenvalue weighted by Gasteiger charge is 2.24. The molecule has 110 valence electrons. The number of aryl methyl sites for hydroxylation is 1. The average Bonchev–Trinajstić information content (AvgIpc) is 2.64. The first-order valence-electron chi connectivity index (χ1n) is 7.42. The topological polar surface area (TPSA) is 26.0 Å². The molecule has 0 aromatic heterocycles. The Bertz CT molecular complexity index is 641. The molecule has 0 saturated heterocycles. The van der Waals surface area contributed by atoms with Gasteiger partial charge in [-0.3, -0.25) is 0 Å². The van der Waals surface area contributed by atoms with E-state index in [9.17, 15) is 4.39 Å². The average molecular weight is 304 g/mol. The SMILES string of the molecule is NC1c2ccccc2CCCC1Cc1ccc(Cl)c(F)c1. The molecule has 2 N–H and O–H groups in total. The highest BCUT2D eigenvalue weighted by atomic mass is 35.5. The summed E-state index contributed by atoms with van der Waals surface area (Å²) in [5, 5.41) is 0.175. The number of benzene rings is 2. The lowest BCUT2D eigenvalue weighted by Gasteiger charge is -2.23. The molecule has 1 nitrogen and oxygen atoms in total. The third kappa shape index (κ3) is 3.12. The molecule has 3 rings (SSSR count). The molecule has 0 fully saturated rings. The lowest BCUT2D eigenvalue weighted by Crippen LogP contribution is -2.23. The Kier molecular flexibility index (Phi) is 4.27. The number of fused-ring (bicyclic) bond motifs is 1. The summed E-state index contributed by atoms with van der Waals surface area (Å²) in [7, 11) is 0. The summed E-state index contributed by atoms with van der Waals surface area (Å²) in [5.74, 6) is -0.00835. The van der Waals surface area contributed by atoms with E-state index in [1.54, 1.807) is 6.07 Å². The van der Waals surface area contributed by atoms with Crippen LogP contribution in [0.4, 0.5) is 4.39 Å². The van der Waals surface area contributed by atoms with E-state index in [0.717, 1.165) is 31.2 Å². The van der Waals surface area contributed by atoms with Crippen LogP contribution in [0, 0.1) is 11.7 Å². The monoisotopic (exact) mass is 303 g/mol. The van der Waals surface area contributed by atoms with E-state index in [-0.39, 0.29) is 16.9 Å². The van der Waals surface area contributed by atoms with Gasteiger partial charge < -0.3 is 5.73 Å². The molecule has 0 aliphatic heterocycles. The van der Waals surface area contributed by atoms with Gasteiger partial charge in [-0.1, -0.05) is 41.9 Å². The number of hydrogen-bond acceptors (Lipinski definition) is 1. The van der Waals surface area contributed by atoms with Gasteiger partial charge in [0.15, 0.2) is 0 Å². The highest BCUT2D eigenvalue weighted by Crippen LogP contribution is 2.34. The third-order valence-corrected chi connectivity index (χ3v) is 4.73. The number of hydrogen-bond donors (Lipinski definition) is 1. The third-order valence-electron chi connectivity index (χ3n) is 4.43. The van der Waals surface area contributed by atoms with Crippen molar-refractivity contribution in [3.05, 3.63) is 70.0 Å². The van der Waals surface area contributed by atoms with Crippen molar-refractivity contribution < 1.29 is 4.39 Å². The fourth-order valence-electron chi connectivity index (χ4n) is 3.27. The molecule has 0 spiro atoms. The summed E-state index contributed by atoms with van der Waals surface area (Å²) in [5.41, 5.74) is 10.1. The zero-order chi connectivity index (χ0) is 14.8. The van der Waals surface area contributed by atoms with Crippen LogP contribution in [-0.4, -0.2) is 0 Å². The maximum atomic E-state index is 13.6. The van der Waals surface area contributed by atoms with Crippen LogP contribution in [0.5, 0.6) is 0 Å². The predicted octanol–water partition coefficient (Wildman–Crippen LogP) is 4.67. The van der Waals surface area contributed by atoms with Gasteiger partial charge in [-0.15, -0.1) is 0 Å². The number of rotatable bonds is 2. The molecule has 0 bridgehead atoms. The molecule has 0 saturated carbocycles. The fraction of sp³-hybridized carbons (Fsp3) is 0.333. The summed E-state index contributed by atoms with van der Waals surface area (Å²) in [6, 6.07) is 13.5. The Morgan fingerprint density at radius 3 is 2.81 bits per heavy atom. The normalized spacial score (nSPS) is 21.7. The van der Waals surface area contributed by atoms with E-state index < -0.39 is 0 Å². The van der Waals surface area contributed by atoms with E-state index in [2.05, 4.69) is 18.2 Å². The molecule has 1 aliphatic carbocycles. The van der Waals surface area contributed by atoms with Crippen molar-refractivity contribution in [2.45, 2.75) is 31.7 Å². The molecule has 2 atom stereocenters. The van der Waals surface area contributed by atoms with Crippen LogP contribution in [0.2, 0.25) is 5.02 Å². The van der Waals surface area contributed by atoms with Crippen molar-refractivity contribution in [3.63, 3.8) is 0 Å². The Balaban J connectivity index is 1.84. The van der Waals surface area contributed by atoms with Gasteiger partial charge in [0.1, 0.15) is 5.82 Å². The molecule has 0 heterocycles. The Morgan fingerprint density at radius 2 is 2.00 bits per heavy atom. The molecule has 2 aromatic carbocycles. The van der Waals surface area contributed by atoms with Crippen LogP contribution < -0.4 is 5.73 Å². The molecule has 21 heavy (non-hydrogen) atoms. The van der Waals surface area contributed by atoms with Crippen LogP contribution in [-0.2, 0) is 12.8 Å². The van der Waals surface area contributed by atoms with Crippen LogP contribution >= 0.6 is 11.6 Å². The second-order valence-corrected chi connectivity index (χ2v) is 6.24. The standard InChI is InChI=1S/C18H19ClFN/c19-16-9-8-12(11-17(16)20)10-14-6-3-5-13-4-1-2-7-15(13)18(14)21/h1-2,4,7-9,11,14,18H,3,5-6,10,21H2. The Morgan fingerprint density at radius 1 is 1.19 bits per heavy atom. The largest absolute Gasteiger partial charge is 0.324 e. The van der Waals surface area contributed by atoms with Gasteiger partial charge >= 0.3 is 0 Å². The summed E-state index contributed by atoms with van der Waals surface area (Å²) in [4.78, 5) is 0. The van der Waals surface area contributed by atoms with Gasteiger partial charge in [-0.05, 0) is 60.4 Å². The van der Waals surface area contributed by atoms with Crippen molar-refractivity contribution in [1.29, 1.82) is 0 Å². The fourth-order valence-corrected chi connectivity index (χ4v) is 3.39. The molecular formula is C18H19ClFN. The van der Waals surface area contributed by atoms with Crippen molar-refractivity contribution >= 4 is 11.6 Å². The molecule has 2 unspecified atom stereocenters. The number of halogens is 2. The first-order valence-corrected chi connectivity index (χ1v) is 7.80.